The summed E-state index contributed by atoms with van der Waals surface area (Å²) in [4.78, 5) is 26.5. The van der Waals surface area contributed by atoms with E-state index in [9.17, 15) is 4.79 Å². The predicted octanol–water partition coefficient (Wildman–Crippen LogP) is 3.07. The van der Waals surface area contributed by atoms with Gasteiger partial charge in [0.25, 0.3) is 5.91 Å². The van der Waals surface area contributed by atoms with Crippen LogP contribution >= 0.6 is 0 Å². The molecule has 0 unspecified atom stereocenters. The average Bonchev–Trinajstić information content (AvgIpc) is 2.89. The second-order valence-corrected chi connectivity index (χ2v) is 7.61. The van der Waals surface area contributed by atoms with Gasteiger partial charge in [-0.3, -0.25) is 14.7 Å². The van der Waals surface area contributed by atoms with E-state index in [0.717, 1.165) is 47.7 Å². The summed E-state index contributed by atoms with van der Waals surface area (Å²) >= 11 is 0. The second-order valence-electron chi connectivity index (χ2n) is 7.61. The zero-order valence-electron chi connectivity index (χ0n) is 15.8. The van der Waals surface area contributed by atoms with Gasteiger partial charge in [-0.15, -0.1) is 0 Å². The van der Waals surface area contributed by atoms with Crippen LogP contribution in [0.1, 0.15) is 41.0 Å². The van der Waals surface area contributed by atoms with E-state index in [-0.39, 0.29) is 5.91 Å². The van der Waals surface area contributed by atoms with Crippen molar-refractivity contribution in [3.05, 3.63) is 47.4 Å². The Morgan fingerprint density at radius 3 is 2.58 bits per heavy atom. The van der Waals surface area contributed by atoms with Crippen LogP contribution in [0.15, 0.2) is 30.5 Å². The Morgan fingerprint density at radius 2 is 1.81 bits per heavy atom. The van der Waals surface area contributed by atoms with Gasteiger partial charge in [0.1, 0.15) is 0 Å². The summed E-state index contributed by atoms with van der Waals surface area (Å²) in [5, 5.41) is 0. The molecule has 2 aromatic rings. The number of fused-ring (bicyclic) bond motifs is 2. The van der Waals surface area contributed by atoms with Crippen molar-refractivity contribution in [2.45, 2.75) is 45.2 Å². The Labute approximate surface area is 155 Å². The number of hydrogen-bond donors (Lipinski definition) is 0. The van der Waals surface area contributed by atoms with E-state index >= 15 is 0 Å². The molecule has 1 amide bonds. The molecule has 0 N–H and O–H groups in total. The fraction of sp³-hybridized carbons (Fsp3) is 0.476. The van der Waals surface area contributed by atoms with Gasteiger partial charge in [-0.2, -0.15) is 0 Å². The molecule has 2 bridgehead atoms. The van der Waals surface area contributed by atoms with Gasteiger partial charge in [0.15, 0.2) is 0 Å². The van der Waals surface area contributed by atoms with E-state index in [2.05, 4.69) is 21.9 Å². The molecule has 136 valence electrons. The maximum Gasteiger partial charge on any atom is 0.253 e. The van der Waals surface area contributed by atoms with Gasteiger partial charge in [0, 0.05) is 42.5 Å². The number of amides is 1. The van der Waals surface area contributed by atoms with Crippen molar-refractivity contribution in [1.82, 2.24) is 19.8 Å². The van der Waals surface area contributed by atoms with Crippen molar-refractivity contribution < 1.29 is 4.79 Å². The van der Waals surface area contributed by atoms with E-state index in [4.69, 9.17) is 0 Å². The Hall–Kier alpha value is -2.27. The topological polar surface area (TPSA) is 49.3 Å². The van der Waals surface area contributed by atoms with Gasteiger partial charge in [0.05, 0.1) is 17.1 Å². The molecule has 0 saturated carbocycles. The van der Waals surface area contributed by atoms with Gasteiger partial charge < -0.3 is 4.90 Å². The molecule has 2 aliphatic rings. The molecule has 0 radical (unpaired) electrons. The lowest BCUT2D eigenvalue weighted by molar-refractivity contribution is 0.0740. The maximum atomic E-state index is 13.0. The number of hydrogen-bond acceptors (Lipinski definition) is 4. The summed E-state index contributed by atoms with van der Waals surface area (Å²) in [5.41, 5.74) is 4.45. The third kappa shape index (κ3) is 3.12. The number of benzene rings is 1. The Morgan fingerprint density at radius 1 is 1.08 bits per heavy atom. The molecule has 5 heteroatoms. The van der Waals surface area contributed by atoms with E-state index in [1.54, 1.807) is 6.20 Å². The van der Waals surface area contributed by atoms with Crippen LogP contribution in [0.5, 0.6) is 0 Å². The zero-order valence-corrected chi connectivity index (χ0v) is 15.8. The summed E-state index contributed by atoms with van der Waals surface area (Å²) in [5.74, 6) is 0.143. The SMILES string of the molecule is Cc1cnc(C)c(-c2ccc(C(=O)N3CC[C@@H]4CC[C@H](C3)N4C)cc2)n1. The van der Waals surface area contributed by atoms with Gasteiger partial charge in [-0.05, 0) is 52.3 Å². The number of rotatable bonds is 2. The first-order chi connectivity index (χ1) is 12.5. The van der Waals surface area contributed by atoms with Crippen LogP contribution in [0.3, 0.4) is 0 Å². The average molecular weight is 350 g/mol. The van der Waals surface area contributed by atoms with Crippen LogP contribution in [-0.2, 0) is 0 Å². The summed E-state index contributed by atoms with van der Waals surface area (Å²) in [6, 6.07) is 8.97. The lowest BCUT2D eigenvalue weighted by Crippen LogP contribution is -2.39. The standard InChI is InChI=1S/C21H26N4O/c1-14-12-22-15(2)20(23-14)16-4-6-17(7-5-16)21(26)25-11-10-18-8-9-19(13-25)24(18)3/h4-7,12,18-19H,8-11,13H2,1-3H3/t18-,19+/m0/s1. The molecule has 1 aromatic carbocycles. The van der Waals surface area contributed by atoms with E-state index in [0.29, 0.717) is 12.1 Å². The number of likely N-dealkylation sites (tertiary alicyclic amines) is 1. The van der Waals surface area contributed by atoms with Crippen LogP contribution in [0.25, 0.3) is 11.3 Å². The van der Waals surface area contributed by atoms with E-state index < -0.39 is 0 Å². The van der Waals surface area contributed by atoms with Crippen molar-refractivity contribution in [1.29, 1.82) is 0 Å². The summed E-state index contributed by atoms with van der Waals surface area (Å²) in [7, 11) is 2.20. The van der Waals surface area contributed by atoms with Crippen LogP contribution in [0.2, 0.25) is 0 Å². The monoisotopic (exact) mass is 350 g/mol. The van der Waals surface area contributed by atoms with E-state index in [1.807, 2.05) is 43.0 Å². The highest BCUT2D eigenvalue weighted by Crippen LogP contribution is 2.29. The summed E-state index contributed by atoms with van der Waals surface area (Å²) < 4.78 is 0. The molecule has 2 aliphatic heterocycles. The number of aryl methyl sites for hydroxylation is 2. The molecule has 26 heavy (non-hydrogen) atoms. The number of aromatic nitrogens is 2. The molecule has 2 saturated heterocycles. The molecule has 3 heterocycles. The third-order valence-electron chi connectivity index (χ3n) is 5.92. The lowest BCUT2D eigenvalue weighted by Gasteiger charge is -2.26. The van der Waals surface area contributed by atoms with Crippen LogP contribution in [-0.4, -0.2) is 57.9 Å². The first kappa shape index (κ1) is 17.2. The minimum atomic E-state index is 0.143. The first-order valence-corrected chi connectivity index (χ1v) is 9.45. The Balaban J connectivity index is 1.53. The second kappa shape index (κ2) is 6.80. The third-order valence-corrected chi connectivity index (χ3v) is 5.92. The molecule has 5 nitrogen and oxygen atoms in total. The quantitative estimate of drug-likeness (QED) is 0.835. The molecule has 2 fully saturated rings. The fourth-order valence-electron chi connectivity index (χ4n) is 4.26. The van der Waals surface area contributed by atoms with Gasteiger partial charge in [0.2, 0.25) is 0 Å². The molecule has 0 spiro atoms. The summed E-state index contributed by atoms with van der Waals surface area (Å²) in [6.45, 7) is 5.60. The highest BCUT2D eigenvalue weighted by molar-refractivity contribution is 5.94. The molecule has 4 rings (SSSR count). The molecule has 2 atom stereocenters. The van der Waals surface area contributed by atoms with Crippen molar-refractivity contribution in [2.24, 2.45) is 0 Å². The fourth-order valence-corrected chi connectivity index (χ4v) is 4.26. The molecule has 1 aromatic heterocycles. The zero-order chi connectivity index (χ0) is 18.3. The van der Waals surface area contributed by atoms with Gasteiger partial charge >= 0.3 is 0 Å². The van der Waals surface area contributed by atoms with Crippen molar-refractivity contribution >= 4 is 5.91 Å². The van der Waals surface area contributed by atoms with Crippen molar-refractivity contribution in [3.63, 3.8) is 0 Å². The van der Waals surface area contributed by atoms with Crippen LogP contribution < -0.4 is 0 Å². The Kier molecular flexibility index (Phi) is 4.49. The smallest absolute Gasteiger partial charge is 0.253 e. The number of likely N-dealkylation sites (N-methyl/N-ethyl adjacent to an activating group) is 1. The Bertz CT molecular complexity index is 817. The lowest BCUT2D eigenvalue weighted by atomic mass is 10.0. The van der Waals surface area contributed by atoms with Crippen LogP contribution in [0, 0.1) is 13.8 Å². The van der Waals surface area contributed by atoms with Gasteiger partial charge in [-0.25, -0.2) is 4.98 Å². The molecular formula is C21H26N4O. The number of carbonyl (C=O) groups is 1. The highest BCUT2D eigenvalue weighted by Gasteiger charge is 2.36. The van der Waals surface area contributed by atoms with Crippen LogP contribution in [0.4, 0.5) is 0 Å². The predicted molar refractivity (Wildman–Crippen MR) is 102 cm³/mol. The number of nitrogens with zero attached hydrogens (tertiary/aromatic N) is 4. The normalized spacial score (nSPS) is 23.1. The minimum absolute atomic E-state index is 0.143. The van der Waals surface area contributed by atoms with E-state index in [1.165, 1.54) is 12.8 Å². The first-order valence-electron chi connectivity index (χ1n) is 9.45. The van der Waals surface area contributed by atoms with Gasteiger partial charge in [-0.1, -0.05) is 12.1 Å². The largest absolute Gasteiger partial charge is 0.337 e. The molecule has 0 aliphatic carbocycles. The minimum Gasteiger partial charge on any atom is -0.337 e. The summed E-state index contributed by atoms with van der Waals surface area (Å²) in [6.07, 6.45) is 5.33. The van der Waals surface area contributed by atoms with Crippen molar-refractivity contribution in [2.75, 3.05) is 20.1 Å². The maximum absolute atomic E-state index is 13.0. The number of carbonyl (C=O) groups excluding carboxylic acids is 1. The highest BCUT2D eigenvalue weighted by atomic mass is 16.2. The van der Waals surface area contributed by atoms with Crippen molar-refractivity contribution in [3.8, 4) is 11.3 Å². The molecular weight excluding hydrogens is 324 g/mol.